The molecule has 0 aromatic heterocycles. The molecule has 1 unspecified atom stereocenters. The van der Waals surface area contributed by atoms with E-state index < -0.39 is 6.10 Å². The molecule has 0 radical (unpaired) electrons. The Labute approximate surface area is 156 Å². The number of hydrogen-bond acceptors (Lipinski definition) is 2. The molecule has 2 aromatic carbocycles. The van der Waals surface area contributed by atoms with Crippen LogP contribution in [-0.2, 0) is 4.74 Å². The van der Waals surface area contributed by atoms with Gasteiger partial charge in [0.25, 0.3) is 0 Å². The van der Waals surface area contributed by atoms with Crippen LogP contribution in [-0.4, -0.2) is 24.9 Å². The molecule has 26 heavy (non-hydrogen) atoms. The molecule has 0 amide bonds. The average molecular weight is 344 g/mol. The quantitative estimate of drug-likeness (QED) is 0.625. The van der Waals surface area contributed by atoms with E-state index in [9.17, 15) is 5.11 Å². The summed E-state index contributed by atoms with van der Waals surface area (Å²) in [5.41, 5.74) is 2.49. The van der Waals surface area contributed by atoms with Gasteiger partial charge in [0.1, 0.15) is 6.10 Å². The third-order valence-electron chi connectivity index (χ3n) is 3.68. The Kier molecular flexibility index (Phi) is 8.81. The van der Waals surface area contributed by atoms with Crippen LogP contribution in [0.2, 0.25) is 0 Å². The van der Waals surface area contributed by atoms with E-state index in [1.165, 1.54) is 0 Å². The first-order valence-electron chi connectivity index (χ1n) is 8.78. The van der Waals surface area contributed by atoms with Gasteiger partial charge < -0.3 is 9.84 Å². The number of benzene rings is 2. The number of rotatable bonds is 6. The maximum Gasteiger partial charge on any atom is 0.148 e. The zero-order chi connectivity index (χ0) is 18.5. The number of unbranched alkanes of at least 4 members (excludes halogenated alkanes) is 2. The Morgan fingerprint density at radius 2 is 1.73 bits per heavy atom. The highest BCUT2D eigenvalue weighted by Gasteiger charge is 2.05. The summed E-state index contributed by atoms with van der Waals surface area (Å²) in [4.78, 5) is 0. The highest BCUT2D eigenvalue weighted by atomic mass is 16.5. The first-order valence-corrected chi connectivity index (χ1v) is 8.78. The summed E-state index contributed by atoms with van der Waals surface area (Å²) in [6.07, 6.45) is 3.72. The van der Waals surface area contributed by atoms with Crippen LogP contribution in [0.25, 0.3) is 6.08 Å². The molecule has 0 saturated heterocycles. The van der Waals surface area contributed by atoms with E-state index in [1.54, 1.807) is 7.11 Å². The fourth-order valence-corrected chi connectivity index (χ4v) is 2.29. The van der Waals surface area contributed by atoms with E-state index in [1.807, 2.05) is 66.7 Å². The van der Waals surface area contributed by atoms with Gasteiger partial charge in [-0.05, 0) is 36.6 Å². The summed E-state index contributed by atoms with van der Waals surface area (Å²) in [5.74, 6) is 12.1. The molecule has 0 bridgehead atoms. The molecule has 0 saturated carbocycles. The molecule has 0 fully saturated rings. The Hall–Kier alpha value is -2.78. The van der Waals surface area contributed by atoms with Gasteiger partial charge in [-0.15, -0.1) is 0 Å². The maximum atomic E-state index is 10.5. The second-order valence-corrected chi connectivity index (χ2v) is 5.80. The van der Waals surface area contributed by atoms with Crippen molar-refractivity contribution in [2.75, 3.05) is 13.7 Å². The van der Waals surface area contributed by atoms with Gasteiger partial charge in [0.2, 0.25) is 0 Å². The fourth-order valence-electron chi connectivity index (χ4n) is 2.29. The van der Waals surface area contributed by atoms with E-state index in [0.717, 1.165) is 37.0 Å². The number of aliphatic hydroxyl groups excluding tert-OH is 1. The molecule has 0 aliphatic heterocycles. The summed E-state index contributed by atoms with van der Waals surface area (Å²) >= 11 is 0. The molecule has 0 aliphatic carbocycles. The first-order chi connectivity index (χ1) is 12.8. The van der Waals surface area contributed by atoms with Crippen molar-refractivity contribution >= 4 is 6.08 Å². The van der Waals surface area contributed by atoms with Crippen LogP contribution in [0.5, 0.6) is 0 Å². The van der Waals surface area contributed by atoms with Crippen molar-refractivity contribution in [2.24, 2.45) is 0 Å². The van der Waals surface area contributed by atoms with E-state index in [-0.39, 0.29) is 0 Å². The lowest BCUT2D eigenvalue weighted by molar-refractivity contribution is 0.193. The third kappa shape index (κ3) is 7.41. The molecule has 1 atom stereocenters. The fraction of sp³-hybridized carbons (Fsp3) is 0.250. The van der Waals surface area contributed by atoms with Gasteiger partial charge in [-0.25, -0.2) is 0 Å². The van der Waals surface area contributed by atoms with Gasteiger partial charge in [0.15, 0.2) is 0 Å². The van der Waals surface area contributed by atoms with Crippen molar-refractivity contribution in [3.05, 3.63) is 77.4 Å². The zero-order valence-corrected chi connectivity index (χ0v) is 15.1. The van der Waals surface area contributed by atoms with Crippen LogP contribution >= 0.6 is 0 Å². The lowest BCUT2D eigenvalue weighted by Crippen LogP contribution is -2.06. The van der Waals surface area contributed by atoms with Crippen molar-refractivity contribution in [1.29, 1.82) is 0 Å². The summed E-state index contributed by atoms with van der Waals surface area (Å²) in [5, 5.41) is 10.5. The van der Waals surface area contributed by atoms with Gasteiger partial charge in [0, 0.05) is 31.3 Å². The number of hydrogen-bond donors (Lipinski definition) is 1. The zero-order valence-electron chi connectivity index (χ0n) is 15.1. The van der Waals surface area contributed by atoms with Gasteiger partial charge in [-0.2, -0.15) is 0 Å². The normalized spacial score (nSPS) is 11.7. The van der Waals surface area contributed by atoms with Crippen molar-refractivity contribution in [2.45, 2.75) is 25.4 Å². The van der Waals surface area contributed by atoms with Crippen molar-refractivity contribution in [3.8, 4) is 23.7 Å². The van der Waals surface area contributed by atoms with Gasteiger partial charge in [-0.1, -0.05) is 72.2 Å². The first kappa shape index (κ1) is 19.5. The molecule has 2 aromatic rings. The van der Waals surface area contributed by atoms with Crippen LogP contribution in [0.4, 0.5) is 0 Å². The van der Waals surface area contributed by atoms with E-state index in [0.29, 0.717) is 5.57 Å². The minimum absolute atomic E-state index is 0.617. The van der Waals surface area contributed by atoms with Crippen molar-refractivity contribution in [1.82, 2.24) is 0 Å². The van der Waals surface area contributed by atoms with Gasteiger partial charge in [-0.3, -0.25) is 0 Å². The second kappa shape index (κ2) is 11.7. The molecule has 2 rings (SSSR count). The molecule has 0 heterocycles. The minimum Gasteiger partial charge on any atom is -0.385 e. The van der Waals surface area contributed by atoms with Gasteiger partial charge in [0.05, 0.1) is 0 Å². The van der Waals surface area contributed by atoms with Crippen LogP contribution in [0.15, 0.2) is 66.2 Å². The lowest BCUT2D eigenvalue weighted by Gasteiger charge is -2.03. The smallest absolute Gasteiger partial charge is 0.148 e. The SMILES string of the molecule is COCCCCC#C/C(=C\c1ccccc1)C(O)C#Cc1ccccc1. The summed E-state index contributed by atoms with van der Waals surface area (Å²) in [6, 6.07) is 19.5. The summed E-state index contributed by atoms with van der Waals surface area (Å²) in [6.45, 7) is 0.750. The molecule has 0 spiro atoms. The highest BCUT2D eigenvalue weighted by Crippen LogP contribution is 2.10. The molecular formula is C24H24O2. The van der Waals surface area contributed by atoms with Crippen LogP contribution < -0.4 is 0 Å². The van der Waals surface area contributed by atoms with Gasteiger partial charge >= 0.3 is 0 Å². The van der Waals surface area contributed by atoms with Crippen molar-refractivity contribution in [3.63, 3.8) is 0 Å². The molecule has 2 nitrogen and oxygen atoms in total. The number of ether oxygens (including phenoxy) is 1. The molecule has 0 aliphatic rings. The van der Waals surface area contributed by atoms with E-state index in [4.69, 9.17) is 4.74 Å². The van der Waals surface area contributed by atoms with Crippen LogP contribution in [0.1, 0.15) is 30.4 Å². The Morgan fingerprint density at radius 3 is 2.42 bits per heavy atom. The predicted molar refractivity (Wildman–Crippen MR) is 107 cm³/mol. The molecule has 2 heteroatoms. The topological polar surface area (TPSA) is 29.5 Å². The monoisotopic (exact) mass is 344 g/mol. The second-order valence-electron chi connectivity index (χ2n) is 5.80. The summed E-state index contributed by atoms with van der Waals surface area (Å²) in [7, 11) is 1.70. The number of aliphatic hydroxyl groups is 1. The van der Waals surface area contributed by atoms with Crippen molar-refractivity contribution < 1.29 is 9.84 Å². The molecule has 1 N–H and O–H groups in total. The Bertz CT molecular complexity index is 799. The molecule has 132 valence electrons. The lowest BCUT2D eigenvalue weighted by atomic mass is 10.1. The van der Waals surface area contributed by atoms with E-state index in [2.05, 4.69) is 23.7 Å². The maximum absolute atomic E-state index is 10.5. The van der Waals surface area contributed by atoms with Crippen LogP contribution in [0, 0.1) is 23.7 Å². The minimum atomic E-state index is -0.915. The predicted octanol–water partition coefficient (Wildman–Crippen LogP) is 4.30. The Balaban J connectivity index is 2.14. The number of methoxy groups -OCH3 is 1. The largest absolute Gasteiger partial charge is 0.385 e. The van der Waals surface area contributed by atoms with E-state index >= 15 is 0 Å². The summed E-state index contributed by atoms with van der Waals surface area (Å²) < 4.78 is 5.04. The Morgan fingerprint density at radius 1 is 1.04 bits per heavy atom. The highest BCUT2D eigenvalue weighted by molar-refractivity contribution is 5.61. The average Bonchev–Trinajstić information content (AvgIpc) is 2.69. The standard InChI is InChI=1S/C24H24O2/c1-26-19-11-3-2-10-16-23(20-22-14-8-5-9-15-22)24(25)18-17-21-12-6-4-7-13-21/h4-9,12-15,20,24-25H,2-3,11,19H2,1H3/b23-20+. The van der Waals surface area contributed by atoms with Crippen LogP contribution in [0.3, 0.4) is 0 Å². The molecular weight excluding hydrogens is 320 g/mol. The third-order valence-corrected chi connectivity index (χ3v) is 3.68.